The molecule has 188 valence electrons. The lowest BCUT2D eigenvalue weighted by molar-refractivity contribution is 0.0935. The number of methoxy groups -OCH3 is 3. The van der Waals surface area contributed by atoms with E-state index in [0.29, 0.717) is 46.3 Å². The first-order valence-corrected chi connectivity index (χ1v) is 13.4. The van der Waals surface area contributed by atoms with Crippen LogP contribution in [0, 0.1) is 0 Å². The first-order chi connectivity index (χ1) is 17.4. The number of thioether (sulfide) groups is 1. The second-order valence-corrected chi connectivity index (χ2v) is 9.55. The topological polar surface area (TPSA) is 73.9 Å². The minimum atomic E-state index is -0.393. The zero-order valence-corrected chi connectivity index (χ0v) is 22.4. The number of nitrogens with one attached hydrogen (secondary N) is 1. The first-order valence-electron chi connectivity index (χ1n) is 11.5. The Morgan fingerprint density at radius 2 is 1.83 bits per heavy atom. The molecular formula is C28H29NO5S2. The normalized spacial score (nSPS) is 14.2. The molecular weight excluding hydrogens is 494 g/mol. The quantitative estimate of drug-likeness (QED) is 0.323. The molecule has 8 heteroatoms. The lowest BCUT2D eigenvalue weighted by Gasteiger charge is -2.20. The summed E-state index contributed by atoms with van der Waals surface area (Å²) in [4.78, 5) is 27.0. The van der Waals surface area contributed by atoms with E-state index in [1.54, 1.807) is 33.5 Å². The number of carbonyl (C=O) groups excluding carboxylic acids is 1. The van der Waals surface area contributed by atoms with Gasteiger partial charge in [-0.1, -0.05) is 18.2 Å². The van der Waals surface area contributed by atoms with Crippen LogP contribution in [0.3, 0.4) is 0 Å². The van der Waals surface area contributed by atoms with Crippen molar-refractivity contribution in [2.75, 3.05) is 27.6 Å². The average Bonchev–Trinajstić information content (AvgIpc) is 3.15. The van der Waals surface area contributed by atoms with E-state index in [1.165, 1.54) is 11.8 Å². The van der Waals surface area contributed by atoms with Gasteiger partial charge in [0.25, 0.3) is 5.91 Å². The van der Waals surface area contributed by atoms with Crippen LogP contribution in [-0.4, -0.2) is 33.5 Å². The van der Waals surface area contributed by atoms with Crippen molar-refractivity contribution in [1.82, 2.24) is 5.32 Å². The molecule has 0 aliphatic heterocycles. The van der Waals surface area contributed by atoms with Crippen LogP contribution < -0.4 is 25.0 Å². The van der Waals surface area contributed by atoms with Gasteiger partial charge in [-0.05, 0) is 71.7 Å². The standard InChI is InChI=1S/C28H29NO5S2/c1-32-23-13-17-8-10-21(29-28(31)18-7-5-6-16(12-18)15-35)20-14-22(30)24(36-4)11-9-19(20)25(17)27(34-3)26(23)33-2/h5-7,9,11-14,21,35H,8,10,15H2,1-4H3,(H,29,31)/t21-/m0/s1. The highest BCUT2D eigenvalue weighted by atomic mass is 32.2. The fourth-order valence-corrected chi connectivity index (χ4v) is 5.33. The highest BCUT2D eigenvalue weighted by Crippen LogP contribution is 2.50. The van der Waals surface area contributed by atoms with Crippen LogP contribution in [-0.2, 0) is 12.2 Å². The summed E-state index contributed by atoms with van der Waals surface area (Å²) in [5.41, 5.74) is 4.79. The summed E-state index contributed by atoms with van der Waals surface area (Å²) in [6.45, 7) is 0. The molecule has 0 unspecified atom stereocenters. The van der Waals surface area contributed by atoms with Gasteiger partial charge in [-0.25, -0.2) is 0 Å². The Bertz CT molecular complexity index is 1360. The van der Waals surface area contributed by atoms with E-state index in [4.69, 9.17) is 14.2 Å². The van der Waals surface area contributed by atoms with Gasteiger partial charge in [-0.3, -0.25) is 9.59 Å². The van der Waals surface area contributed by atoms with Crippen molar-refractivity contribution in [3.05, 3.63) is 81.0 Å². The van der Waals surface area contributed by atoms with Crippen molar-refractivity contribution in [3.8, 4) is 28.4 Å². The van der Waals surface area contributed by atoms with Crippen LogP contribution in [0.2, 0.25) is 0 Å². The predicted octanol–water partition coefficient (Wildman–Crippen LogP) is 5.31. The van der Waals surface area contributed by atoms with E-state index < -0.39 is 6.04 Å². The van der Waals surface area contributed by atoms with Crippen LogP contribution >= 0.6 is 24.4 Å². The van der Waals surface area contributed by atoms with Crippen LogP contribution in [0.1, 0.15) is 39.5 Å². The minimum Gasteiger partial charge on any atom is -0.493 e. The molecule has 1 aliphatic rings. The number of ether oxygens (including phenoxy) is 3. The van der Waals surface area contributed by atoms with E-state index in [0.717, 1.165) is 27.8 Å². The van der Waals surface area contributed by atoms with Gasteiger partial charge in [0.15, 0.2) is 16.9 Å². The van der Waals surface area contributed by atoms with Gasteiger partial charge in [0.1, 0.15) is 0 Å². The third-order valence-corrected chi connectivity index (χ3v) is 7.54. The molecule has 1 atom stereocenters. The largest absolute Gasteiger partial charge is 0.493 e. The summed E-state index contributed by atoms with van der Waals surface area (Å²) in [7, 11) is 4.74. The molecule has 0 aromatic heterocycles. The maximum Gasteiger partial charge on any atom is 0.251 e. The predicted molar refractivity (Wildman–Crippen MR) is 147 cm³/mol. The molecule has 1 aliphatic carbocycles. The molecule has 0 heterocycles. The van der Waals surface area contributed by atoms with Gasteiger partial charge < -0.3 is 19.5 Å². The lowest BCUT2D eigenvalue weighted by Crippen LogP contribution is -2.29. The number of carbonyl (C=O) groups is 1. The zero-order chi connectivity index (χ0) is 25.8. The number of rotatable bonds is 7. The number of hydrogen-bond donors (Lipinski definition) is 2. The van der Waals surface area contributed by atoms with Crippen molar-refractivity contribution < 1.29 is 19.0 Å². The minimum absolute atomic E-state index is 0.0945. The molecule has 0 fully saturated rings. The van der Waals surface area contributed by atoms with Crippen molar-refractivity contribution >= 4 is 30.3 Å². The van der Waals surface area contributed by atoms with Crippen LogP contribution in [0.15, 0.2) is 58.2 Å². The van der Waals surface area contributed by atoms with Gasteiger partial charge >= 0.3 is 0 Å². The van der Waals surface area contributed by atoms with Crippen molar-refractivity contribution in [2.45, 2.75) is 29.5 Å². The maximum atomic E-state index is 13.3. The summed E-state index contributed by atoms with van der Waals surface area (Å²) in [6.07, 6.45) is 3.10. The smallest absolute Gasteiger partial charge is 0.251 e. The Labute approximate surface area is 220 Å². The molecule has 1 amide bonds. The second kappa shape index (κ2) is 11.3. The van der Waals surface area contributed by atoms with Crippen molar-refractivity contribution in [1.29, 1.82) is 0 Å². The number of thiol groups is 1. The SMILES string of the molecule is COc1cc2c(c(OC)c1OC)-c1ccc(SC)c(=O)cc1[C@@H](NC(=O)c1cccc(CS)c1)CC2. The van der Waals surface area contributed by atoms with Gasteiger partial charge in [0.05, 0.1) is 32.3 Å². The van der Waals surface area contributed by atoms with Gasteiger partial charge in [0, 0.05) is 16.9 Å². The second-order valence-electron chi connectivity index (χ2n) is 8.38. The van der Waals surface area contributed by atoms with Gasteiger partial charge in [-0.15, -0.1) is 11.8 Å². The number of aryl methyl sites for hydroxylation is 1. The van der Waals surface area contributed by atoms with Crippen LogP contribution in [0.5, 0.6) is 17.2 Å². The third-order valence-electron chi connectivity index (χ3n) is 6.40. The monoisotopic (exact) mass is 523 g/mol. The molecule has 0 bridgehead atoms. The third kappa shape index (κ3) is 4.92. The molecule has 3 aromatic rings. The Kier molecular flexibility index (Phi) is 8.16. The molecule has 0 saturated carbocycles. The van der Waals surface area contributed by atoms with Crippen molar-refractivity contribution in [3.63, 3.8) is 0 Å². The summed E-state index contributed by atoms with van der Waals surface area (Å²) >= 11 is 5.72. The van der Waals surface area contributed by atoms with Gasteiger partial charge in [0.2, 0.25) is 5.75 Å². The Hall–Kier alpha value is -3.10. The molecule has 0 spiro atoms. The van der Waals surface area contributed by atoms with E-state index >= 15 is 0 Å². The average molecular weight is 524 g/mol. The zero-order valence-electron chi connectivity index (χ0n) is 20.7. The summed E-state index contributed by atoms with van der Waals surface area (Å²) in [5.74, 6) is 1.92. The Balaban J connectivity index is 1.91. The molecule has 0 radical (unpaired) electrons. The van der Waals surface area contributed by atoms with Crippen LogP contribution in [0.25, 0.3) is 11.1 Å². The summed E-state index contributed by atoms with van der Waals surface area (Å²) in [6, 6.07) is 14.4. The Morgan fingerprint density at radius 3 is 2.50 bits per heavy atom. The highest BCUT2D eigenvalue weighted by molar-refractivity contribution is 7.98. The fraction of sp³-hybridized carbons (Fsp3) is 0.286. The number of fused-ring (bicyclic) bond motifs is 3. The number of hydrogen-bond acceptors (Lipinski definition) is 7. The molecule has 6 nitrogen and oxygen atoms in total. The molecule has 0 saturated heterocycles. The fourth-order valence-electron chi connectivity index (χ4n) is 4.67. The number of benzene rings is 2. The van der Waals surface area contributed by atoms with Crippen LogP contribution in [0.4, 0.5) is 0 Å². The lowest BCUT2D eigenvalue weighted by atomic mass is 9.95. The molecule has 4 rings (SSSR count). The number of amides is 1. The molecule has 3 aromatic carbocycles. The summed E-state index contributed by atoms with van der Waals surface area (Å²) in [5, 5.41) is 3.18. The molecule has 1 N–H and O–H groups in total. The van der Waals surface area contributed by atoms with E-state index in [2.05, 4.69) is 17.9 Å². The van der Waals surface area contributed by atoms with Crippen molar-refractivity contribution in [2.24, 2.45) is 0 Å². The van der Waals surface area contributed by atoms with Gasteiger partial charge in [-0.2, -0.15) is 12.6 Å². The van der Waals surface area contributed by atoms with E-state index in [1.807, 2.05) is 42.7 Å². The highest BCUT2D eigenvalue weighted by Gasteiger charge is 2.30. The maximum absolute atomic E-state index is 13.3. The Morgan fingerprint density at radius 1 is 1.06 bits per heavy atom. The first kappa shape index (κ1) is 26.0. The van der Waals surface area contributed by atoms with E-state index in [-0.39, 0.29) is 11.3 Å². The molecule has 36 heavy (non-hydrogen) atoms. The summed E-state index contributed by atoms with van der Waals surface area (Å²) < 4.78 is 17.1. The van der Waals surface area contributed by atoms with E-state index in [9.17, 15) is 9.59 Å².